The van der Waals surface area contributed by atoms with E-state index in [1.54, 1.807) is 19.1 Å². The summed E-state index contributed by atoms with van der Waals surface area (Å²) in [5.41, 5.74) is 0. The van der Waals surface area contributed by atoms with Gasteiger partial charge in [0.1, 0.15) is 6.04 Å². The maximum atomic E-state index is 12.5. The van der Waals surface area contributed by atoms with Gasteiger partial charge in [-0.15, -0.1) is 0 Å². The van der Waals surface area contributed by atoms with Gasteiger partial charge >= 0.3 is 0 Å². The third kappa shape index (κ3) is 3.32. The zero-order valence-electron chi connectivity index (χ0n) is 12.4. The van der Waals surface area contributed by atoms with Crippen LogP contribution in [-0.4, -0.2) is 69.2 Å². The molecule has 0 aromatic carbocycles. The Labute approximate surface area is 121 Å². The quantitative estimate of drug-likeness (QED) is 0.732. The Morgan fingerprint density at radius 3 is 2.50 bits per heavy atom. The predicted octanol–water partition coefficient (Wildman–Crippen LogP) is 0.294. The van der Waals surface area contributed by atoms with E-state index in [1.807, 2.05) is 0 Å². The molecular formula is C13H24N2O4S. The van der Waals surface area contributed by atoms with Gasteiger partial charge < -0.3 is 9.64 Å². The zero-order chi connectivity index (χ0) is 14.9. The number of amides is 1. The largest absolute Gasteiger partial charge is 0.380 e. The Bertz CT molecular complexity index is 461. The molecule has 0 aromatic rings. The number of sulfonamides is 1. The van der Waals surface area contributed by atoms with Crippen LogP contribution in [0.15, 0.2) is 0 Å². The van der Waals surface area contributed by atoms with Gasteiger partial charge in [-0.2, -0.15) is 4.31 Å². The molecule has 0 aromatic heterocycles. The Balaban J connectivity index is 2.05. The van der Waals surface area contributed by atoms with Gasteiger partial charge in [0.15, 0.2) is 0 Å². The van der Waals surface area contributed by atoms with E-state index in [4.69, 9.17) is 4.74 Å². The molecule has 2 rings (SSSR count). The van der Waals surface area contributed by atoms with Crippen LogP contribution < -0.4 is 0 Å². The minimum Gasteiger partial charge on any atom is -0.380 e. The molecule has 0 N–H and O–H groups in total. The highest BCUT2D eigenvalue weighted by molar-refractivity contribution is 7.88. The fourth-order valence-electron chi connectivity index (χ4n) is 2.94. The summed E-state index contributed by atoms with van der Waals surface area (Å²) >= 11 is 0. The molecule has 1 heterocycles. The first-order valence-corrected chi connectivity index (χ1v) is 8.92. The minimum absolute atomic E-state index is 0.109. The molecular weight excluding hydrogens is 280 g/mol. The lowest BCUT2D eigenvalue weighted by Gasteiger charge is -2.32. The molecule has 0 unspecified atom stereocenters. The number of carbonyl (C=O) groups is 1. The molecule has 2 aliphatic rings. The standard InChI is InChI=1S/C13H24N2O4S/c1-14(8-10-5-4-6-10)13(16)12-7-11(19-2)9-15(12)20(3,17)18/h10-12H,4-9H2,1-3H3/t11-,12+/m0/s1. The van der Waals surface area contributed by atoms with E-state index < -0.39 is 16.1 Å². The Morgan fingerprint density at radius 2 is 2.05 bits per heavy atom. The topological polar surface area (TPSA) is 66.9 Å². The van der Waals surface area contributed by atoms with E-state index in [0.29, 0.717) is 12.3 Å². The number of nitrogens with zero attached hydrogens (tertiary/aromatic N) is 2. The molecule has 1 aliphatic heterocycles. The normalized spacial score (nSPS) is 28.4. The molecule has 0 bridgehead atoms. The molecule has 2 atom stereocenters. The molecule has 1 aliphatic carbocycles. The van der Waals surface area contributed by atoms with Crippen LogP contribution in [0.4, 0.5) is 0 Å². The van der Waals surface area contributed by atoms with Crippen LogP contribution in [0.1, 0.15) is 25.7 Å². The second-order valence-electron chi connectivity index (χ2n) is 5.96. The second-order valence-corrected chi connectivity index (χ2v) is 7.89. The van der Waals surface area contributed by atoms with Crippen LogP contribution >= 0.6 is 0 Å². The van der Waals surface area contributed by atoms with Crippen molar-refractivity contribution in [1.82, 2.24) is 9.21 Å². The van der Waals surface area contributed by atoms with Crippen molar-refractivity contribution in [2.24, 2.45) is 5.92 Å². The highest BCUT2D eigenvalue weighted by Crippen LogP contribution is 2.28. The lowest BCUT2D eigenvalue weighted by atomic mass is 9.85. The summed E-state index contributed by atoms with van der Waals surface area (Å²) in [5.74, 6) is 0.470. The number of hydrogen-bond donors (Lipinski definition) is 0. The molecule has 20 heavy (non-hydrogen) atoms. The van der Waals surface area contributed by atoms with Crippen LogP contribution in [0.3, 0.4) is 0 Å². The summed E-state index contributed by atoms with van der Waals surface area (Å²) < 4.78 is 30.2. The number of methoxy groups -OCH3 is 1. The van der Waals surface area contributed by atoms with Crippen molar-refractivity contribution >= 4 is 15.9 Å². The Morgan fingerprint density at radius 1 is 1.40 bits per heavy atom. The number of ether oxygens (including phenoxy) is 1. The fraction of sp³-hybridized carbons (Fsp3) is 0.923. The molecule has 1 saturated heterocycles. The fourth-order valence-corrected chi connectivity index (χ4v) is 4.01. The third-order valence-corrected chi connectivity index (χ3v) is 5.65. The Kier molecular flexibility index (Phi) is 4.71. The highest BCUT2D eigenvalue weighted by Gasteiger charge is 2.43. The first-order chi connectivity index (χ1) is 9.32. The molecule has 0 spiro atoms. The van der Waals surface area contributed by atoms with E-state index in [-0.39, 0.29) is 18.6 Å². The number of rotatable bonds is 5. The highest BCUT2D eigenvalue weighted by atomic mass is 32.2. The molecule has 6 nitrogen and oxygen atoms in total. The molecule has 1 amide bonds. The van der Waals surface area contributed by atoms with E-state index in [2.05, 4.69) is 0 Å². The van der Waals surface area contributed by atoms with Gasteiger partial charge in [-0.05, 0) is 18.8 Å². The van der Waals surface area contributed by atoms with Crippen LogP contribution in [0.2, 0.25) is 0 Å². The summed E-state index contributed by atoms with van der Waals surface area (Å²) in [4.78, 5) is 14.2. The van der Waals surface area contributed by atoms with Crippen molar-refractivity contribution < 1.29 is 17.9 Å². The van der Waals surface area contributed by atoms with E-state index >= 15 is 0 Å². The van der Waals surface area contributed by atoms with Gasteiger partial charge in [0.25, 0.3) is 0 Å². The average molecular weight is 304 g/mol. The van der Waals surface area contributed by atoms with Gasteiger partial charge in [-0.3, -0.25) is 4.79 Å². The van der Waals surface area contributed by atoms with Crippen LogP contribution in [-0.2, 0) is 19.6 Å². The smallest absolute Gasteiger partial charge is 0.240 e. The molecule has 1 saturated carbocycles. The van der Waals surface area contributed by atoms with Crippen LogP contribution in [0.25, 0.3) is 0 Å². The van der Waals surface area contributed by atoms with Crippen molar-refractivity contribution in [3.8, 4) is 0 Å². The molecule has 0 radical (unpaired) electrons. The molecule has 116 valence electrons. The molecule has 7 heteroatoms. The summed E-state index contributed by atoms with van der Waals surface area (Å²) in [7, 11) is -0.0707. The maximum absolute atomic E-state index is 12.5. The van der Waals surface area contributed by atoms with E-state index in [1.165, 1.54) is 23.6 Å². The van der Waals surface area contributed by atoms with E-state index in [0.717, 1.165) is 12.8 Å². The summed E-state index contributed by atoms with van der Waals surface area (Å²) in [6, 6.07) is -0.611. The SMILES string of the molecule is CO[C@H]1C[C@H](C(=O)N(C)CC2CCC2)N(S(C)(=O)=O)C1. The number of likely N-dealkylation sites (N-methyl/N-ethyl adjacent to an activating group) is 1. The summed E-state index contributed by atoms with van der Waals surface area (Å²) in [6.07, 6.45) is 4.96. The first kappa shape index (κ1) is 15.7. The Hall–Kier alpha value is -0.660. The van der Waals surface area contributed by atoms with Crippen molar-refractivity contribution in [1.29, 1.82) is 0 Å². The lowest BCUT2D eigenvalue weighted by Crippen LogP contribution is -2.47. The lowest BCUT2D eigenvalue weighted by molar-refractivity contribution is -0.134. The van der Waals surface area contributed by atoms with Crippen molar-refractivity contribution in [2.75, 3.05) is 33.5 Å². The van der Waals surface area contributed by atoms with Gasteiger partial charge in [-0.25, -0.2) is 8.42 Å². The average Bonchev–Trinajstić information content (AvgIpc) is 2.76. The zero-order valence-corrected chi connectivity index (χ0v) is 13.2. The molecule has 2 fully saturated rings. The van der Waals surface area contributed by atoms with Crippen LogP contribution in [0.5, 0.6) is 0 Å². The predicted molar refractivity (Wildman–Crippen MR) is 75.7 cm³/mol. The summed E-state index contributed by atoms with van der Waals surface area (Å²) in [5, 5.41) is 0. The number of carbonyl (C=O) groups excluding carboxylic acids is 1. The third-order valence-electron chi connectivity index (χ3n) is 4.39. The van der Waals surface area contributed by atoms with E-state index in [9.17, 15) is 13.2 Å². The van der Waals surface area contributed by atoms with Crippen molar-refractivity contribution in [2.45, 2.75) is 37.8 Å². The first-order valence-electron chi connectivity index (χ1n) is 7.07. The second kappa shape index (κ2) is 5.99. The minimum atomic E-state index is -3.39. The van der Waals surface area contributed by atoms with Crippen molar-refractivity contribution in [3.63, 3.8) is 0 Å². The van der Waals surface area contributed by atoms with Gasteiger partial charge in [0, 0.05) is 33.7 Å². The van der Waals surface area contributed by atoms with Gasteiger partial charge in [-0.1, -0.05) is 6.42 Å². The van der Waals surface area contributed by atoms with Crippen molar-refractivity contribution in [3.05, 3.63) is 0 Å². The van der Waals surface area contributed by atoms with Gasteiger partial charge in [0.2, 0.25) is 15.9 Å². The van der Waals surface area contributed by atoms with Crippen LogP contribution in [0, 0.1) is 5.92 Å². The maximum Gasteiger partial charge on any atom is 0.240 e. The summed E-state index contributed by atoms with van der Waals surface area (Å²) in [6.45, 7) is 0.994. The monoisotopic (exact) mass is 304 g/mol. The number of hydrogen-bond acceptors (Lipinski definition) is 4. The van der Waals surface area contributed by atoms with Gasteiger partial charge in [0.05, 0.1) is 12.4 Å².